The molecular weight excluding hydrogens is 334 g/mol. The Labute approximate surface area is 133 Å². The Balaban J connectivity index is 2.02. The van der Waals surface area contributed by atoms with Gasteiger partial charge in [0.15, 0.2) is 0 Å². The average Bonchev–Trinajstić information content (AvgIpc) is 2.72. The number of amides is 1. The van der Waals surface area contributed by atoms with Gasteiger partial charge in [-0.2, -0.15) is 0 Å². The first-order chi connectivity index (χ1) is 9.94. The molecule has 1 saturated heterocycles. The average molecular weight is 354 g/mol. The maximum Gasteiger partial charge on any atom is 0.246 e. The molecule has 1 aromatic carbocycles. The van der Waals surface area contributed by atoms with E-state index in [2.05, 4.69) is 51.4 Å². The minimum absolute atomic E-state index is 0.00205. The standard InChI is InChI=1S/C15H20BrN3O2/c1-15(2)8-21-5-4-19(15)12-7-11-9(6-10(12)16)13(17-3)14(20)18-11/h6-7,13,17H,4-5,8H2,1-3H3,(H,18,20). The Morgan fingerprint density at radius 1 is 1.48 bits per heavy atom. The lowest BCUT2D eigenvalue weighted by Gasteiger charge is -2.44. The predicted octanol–water partition coefficient (Wildman–Crippen LogP) is 2.28. The number of halogens is 1. The van der Waals surface area contributed by atoms with Gasteiger partial charge in [0, 0.05) is 22.3 Å². The van der Waals surface area contributed by atoms with Gasteiger partial charge in [-0.25, -0.2) is 0 Å². The lowest BCUT2D eigenvalue weighted by Crippen LogP contribution is -2.53. The third-order valence-electron chi connectivity index (χ3n) is 4.17. The van der Waals surface area contributed by atoms with Gasteiger partial charge >= 0.3 is 0 Å². The molecule has 3 rings (SSSR count). The quantitative estimate of drug-likeness (QED) is 0.856. The Morgan fingerprint density at radius 2 is 2.24 bits per heavy atom. The summed E-state index contributed by atoms with van der Waals surface area (Å²) in [4.78, 5) is 14.3. The zero-order chi connectivity index (χ0) is 15.2. The van der Waals surface area contributed by atoms with Crippen LogP contribution in [0.4, 0.5) is 11.4 Å². The van der Waals surface area contributed by atoms with E-state index in [4.69, 9.17) is 4.74 Å². The number of carbonyl (C=O) groups excluding carboxylic acids is 1. The summed E-state index contributed by atoms with van der Waals surface area (Å²) in [5, 5.41) is 6.00. The van der Waals surface area contributed by atoms with E-state index in [1.807, 2.05) is 6.07 Å². The molecule has 0 aromatic heterocycles. The van der Waals surface area contributed by atoms with Crippen molar-refractivity contribution >= 4 is 33.2 Å². The van der Waals surface area contributed by atoms with Crippen LogP contribution in [0.1, 0.15) is 25.5 Å². The lowest BCUT2D eigenvalue weighted by molar-refractivity contribution is -0.117. The van der Waals surface area contributed by atoms with Gasteiger partial charge in [0.2, 0.25) is 5.91 Å². The SMILES string of the molecule is CNC1C(=O)Nc2cc(N3CCOCC3(C)C)c(Br)cc21. The highest BCUT2D eigenvalue weighted by atomic mass is 79.9. The molecule has 21 heavy (non-hydrogen) atoms. The molecule has 1 unspecified atom stereocenters. The van der Waals surface area contributed by atoms with Crippen LogP contribution >= 0.6 is 15.9 Å². The van der Waals surface area contributed by atoms with Crippen LogP contribution in [-0.4, -0.2) is 38.3 Å². The van der Waals surface area contributed by atoms with E-state index in [1.54, 1.807) is 7.05 Å². The second-order valence-corrected chi connectivity index (χ2v) is 6.97. The number of morpholine rings is 1. The van der Waals surface area contributed by atoms with Crippen molar-refractivity contribution in [2.45, 2.75) is 25.4 Å². The van der Waals surface area contributed by atoms with Gasteiger partial charge in [-0.1, -0.05) is 0 Å². The molecule has 2 N–H and O–H groups in total. The second kappa shape index (κ2) is 5.26. The van der Waals surface area contributed by atoms with Gasteiger partial charge in [-0.15, -0.1) is 0 Å². The highest BCUT2D eigenvalue weighted by molar-refractivity contribution is 9.10. The van der Waals surface area contributed by atoms with Crippen molar-refractivity contribution in [2.75, 3.05) is 37.0 Å². The summed E-state index contributed by atoms with van der Waals surface area (Å²) < 4.78 is 6.59. The number of ether oxygens (including phenoxy) is 1. The Bertz CT molecular complexity index is 589. The topological polar surface area (TPSA) is 53.6 Å². The Hall–Kier alpha value is -1.11. The number of fused-ring (bicyclic) bond motifs is 1. The van der Waals surface area contributed by atoms with Crippen LogP contribution in [0.3, 0.4) is 0 Å². The first-order valence-corrected chi connectivity index (χ1v) is 7.90. The van der Waals surface area contributed by atoms with Crippen molar-refractivity contribution in [3.63, 3.8) is 0 Å². The van der Waals surface area contributed by atoms with Gasteiger partial charge in [-0.3, -0.25) is 4.79 Å². The van der Waals surface area contributed by atoms with Crippen LogP contribution in [0.5, 0.6) is 0 Å². The van der Waals surface area contributed by atoms with Crippen molar-refractivity contribution in [3.05, 3.63) is 22.2 Å². The molecule has 5 nitrogen and oxygen atoms in total. The molecule has 1 aromatic rings. The molecule has 2 heterocycles. The molecule has 1 fully saturated rings. The zero-order valence-corrected chi connectivity index (χ0v) is 14.1. The van der Waals surface area contributed by atoms with Crippen LogP contribution in [0.25, 0.3) is 0 Å². The van der Waals surface area contributed by atoms with Crippen molar-refractivity contribution in [1.29, 1.82) is 0 Å². The fraction of sp³-hybridized carbons (Fsp3) is 0.533. The number of benzene rings is 1. The highest BCUT2D eigenvalue weighted by Crippen LogP contribution is 2.41. The number of rotatable bonds is 2. The molecule has 0 bridgehead atoms. The monoisotopic (exact) mass is 353 g/mol. The van der Waals surface area contributed by atoms with Gasteiger partial charge in [0.1, 0.15) is 6.04 Å². The maximum absolute atomic E-state index is 12.0. The number of likely N-dealkylation sites (N-methyl/N-ethyl adjacent to an activating group) is 1. The van der Waals surface area contributed by atoms with Crippen LogP contribution in [-0.2, 0) is 9.53 Å². The molecule has 2 aliphatic heterocycles. The van der Waals surface area contributed by atoms with Gasteiger partial charge in [0.25, 0.3) is 0 Å². The summed E-state index contributed by atoms with van der Waals surface area (Å²) in [6, 6.07) is 3.82. The van der Waals surface area contributed by atoms with E-state index in [0.29, 0.717) is 6.61 Å². The third kappa shape index (κ3) is 2.45. The van der Waals surface area contributed by atoms with Gasteiger partial charge in [-0.05, 0) is 49.0 Å². The third-order valence-corrected chi connectivity index (χ3v) is 4.81. The number of nitrogens with one attached hydrogen (secondary N) is 2. The smallest absolute Gasteiger partial charge is 0.246 e. The van der Waals surface area contributed by atoms with E-state index in [9.17, 15) is 4.79 Å². The summed E-state index contributed by atoms with van der Waals surface area (Å²) >= 11 is 3.66. The molecule has 1 atom stereocenters. The molecule has 6 heteroatoms. The summed E-state index contributed by atoms with van der Waals surface area (Å²) in [5.74, 6) is -0.00205. The minimum Gasteiger partial charge on any atom is -0.377 e. The first kappa shape index (κ1) is 14.8. The maximum atomic E-state index is 12.0. The van der Waals surface area contributed by atoms with E-state index < -0.39 is 0 Å². The van der Waals surface area contributed by atoms with E-state index in [0.717, 1.165) is 34.6 Å². The largest absolute Gasteiger partial charge is 0.377 e. The molecular formula is C15H20BrN3O2. The number of anilines is 2. The number of nitrogens with zero attached hydrogens (tertiary/aromatic N) is 1. The van der Waals surface area contributed by atoms with Gasteiger partial charge in [0.05, 0.1) is 24.4 Å². The van der Waals surface area contributed by atoms with Crippen LogP contribution in [0.15, 0.2) is 16.6 Å². The fourth-order valence-electron chi connectivity index (χ4n) is 3.07. The molecule has 2 aliphatic rings. The summed E-state index contributed by atoms with van der Waals surface area (Å²) in [7, 11) is 1.80. The van der Waals surface area contributed by atoms with Crippen molar-refractivity contribution < 1.29 is 9.53 Å². The Morgan fingerprint density at radius 3 is 2.90 bits per heavy atom. The molecule has 0 aliphatic carbocycles. The number of carbonyl (C=O) groups is 1. The van der Waals surface area contributed by atoms with Crippen LogP contribution in [0.2, 0.25) is 0 Å². The highest BCUT2D eigenvalue weighted by Gasteiger charge is 2.35. The lowest BCUT2D eigenvalue weighted by atomic mass is 10.00. The second-order valence-electron chi connectivity index (χ2n) is 6.12. The predicted molar refractivity (Wildman–Crippen MR) is 86.8 cm³/mol. The van der Waals surface area contributed by atoms with Crippen molar-refractivity contribution in [1.82, 2.24) is 5.32 Å². The fourth-order valence-corrected chi connectivity index (χ4v) is 3.64. The van der Waals surface area contributed by atoms with Crippen molar-refractivity contribution in [3.8, 4) is 0 Å². The minimum atomic E-state index is -0.275. The molecule has 0 saturated carbocycles. The van der Waals surface area contributed by atoms with Crippen LogP contribution < -0.4 is 15.5 Å². The summed E-state index contributed by atoms with van der Waals surface area (Å²) in [5.41, 5.74) is 2.91. The molecule has 114 valence electrons. The van der Waals surface area contributed by atoms with Crippen LogP contribution in [0, 0.1) is 0 Å². The summed E-state index contributed by atoms with van der Waals surface area (Å²) in [6.07, 6.45) is 0. The summed E-state index contributed by atoms with van der Waals surface area (Å²) in [6.45, 7) is 6.59. The normalized spacial score (nSPS) is 23.9. The first-order valence-electron chi connectivity index (χ1n) is 7.11. The van der Waals surface area contributed by atoms with Gasteiger partial charge < -0.3 is 20.3 Å². The Kier molecular flexibility index (Phi) is 3.71. The molecule has 1 amide bonds. The number of hydrogen-bond donors (Lipinski definition) is 2. The van der Waals surface area contributed by atoms with E-state index >= 15 is 0 Å². The molecule has 0 radical (unpaired) electrons. The zero-order valence-electron chi connectivity index (χ0n) is 12.5. The van der Waals surface area contributed by atoms with E-state index in [-0.39, 0.29) is 17.5 Å². The van der Waals surface area contributed by atoms with E-state index in [1.165, 1.54) is 0 Å². The van der Waals surface area contributed by atoms with Crippen molar-refractivity contribution in [2.24, 2.45) is 0 Å². The molecule has 0 spiro atoms. The number of hydrogen-bond acceptors (Lipinski definition) is 4.